The lowest BCUT2D eigenvalue weighted by molar-refractivity contribution is 0.0935. The van der Waals surface area contributed by atoms with Crippen LogP contribution in [0.15, 0.2) is 28.7 Å². The largest absolute Gasteiger partial charge is 0.496 e. The lowest BCUT2D eigenvalue weighted by Crippen LogP contribution is -2.37. The number of ether oxygens (including phenoxy) is 1. The smallest absolute Gasteiger partial charge is 0.255 e. The van der Waals surface area contributed by atoms with E-state index in [1.165, 1.54) is 50.5 Å². The molecule has 1 unspecified atom stereocenters. The van der Waals surface area contributed by atoms with Crippen molar-refractivity contribution in [2.24, 2.45) is 0 Å². The predicted molar refractivity (Wildman–Crippen MR) is 114 cm³/mol. The summed E-state index contributed by atoms with van der Waals surface area (Å²) in [5.74, 6) is -0.145. The van der Waals surface area contributed by atoms with Crippen LogP contribution in [0.2, 0.25) is 0 Å². The van der Waals surface area contributed by atoms with E-state index in [4.69, 9.17) is 10.5 Å². The molecule has 3 rings (SSSR count). The van der Waals surface area contributed by atoms with Crippen LogP contribution in [0.5, 0.6) is 5.75 Å². The minimum Gasteiger partial charge on any atom is -0.496 e. The van der Waals surface area contributed by atoms with Crippen molar-refractivity contribution in [2.45, 2.75) is 50.0 Å². The number of nitrogens with two attached hydrogens (primary N) is 1. The molecule has 1 atom stereocenters. The van der Waals surface area contributed by atoms with E-state index < -0.39 is 9.84 Å². The molecule has 1 aromatic rings. The highest BCUT2D eigenvalue weighted by molar-refractivity contribution is 7.91. The molecule has 0 aromatic heterocycles. The Bertz CT molecular complexity index is 895. The van der Waals surface area contributed by atoms with Gasteiger partial charge >= 0.3 is 0 Å². The first kappa shape index (κ1) is 21.6. The number of sulfone groups is 1. The Morgan fingerprint density at radius 1 is 1.34 bits per heavy atom. The summed E-state index contributed by atoms with van der Waals surface area (Å²) in [5.41, 5.74) is 7.68. The Balaban J connectivity index is 1.70. The third-order valence-corrected chi connectivity index (χ3v) is 7.49. The third kappa shape index (κ3) is 5.11. The van der Waals surface area contributed by atoms with Gasteiger partial charge in [0.25, 0.3) is 5.91 Å². The topological polar surface area (TPSA) is 102 Å². The van der Waals surface area contributed by atoms with Crippen LogP contribution >= 0.6 is 0 Å². The van der Waals surface area contributed by atoms with Gasteiger partial charge in [-0.05, 0) is 38.2 Å². The van der Waals surface area contributed by atoms with Crippen molar-refractivity contribution in [1.29, 1.82) is 0 Å². The van der Waals surface area contributed by atoms with Gasteiger partial charge in [0.05, 0.1) is 29.0 Å². The fraction of sp³-hybridized carbons (Fsp3) is 0.571. The molecule has 8 heteroatoms. The molecule has 1 saturated heterocycles. The number of nitrogens with one attached hydrogen (secondary N) is 1. The summed E-state index contributed by atoms with van der Waals surface area (Å²) in [6.07, 6.45) is 8.11. The van der Waals surface area contributed by atoms with Crippen LogP contribution in [-0.4, -0.2) is 57.8 Å². The molecule has 160 valence electrons. The van der Waals surface area contributed by atoms with Crippen LogP contribution in [0.4, 0.5) is 5.69 Å². The van der Waals surface area contributed by atoms with E-state index in [1.54, 1.807) is 6.92 Å². The molecule has 0 bridgehead atoms. The van der Waals surface area contributed by atoms with Crippen molar-refractivity contribution in [3.8, 4) is 5.75 Å². The highest BCUT2D eigenvalue weighted by Gasteiger charge is 2.27. The van der Waals surface area contributed by atoms with Crippen molar-refractivity contribution in [2.75, 3.05) is 38.2 Å². The number of likely N-dealkylation sites (tertiary alicyclic amines) is 1. The second-order valence-corrected chi connectivity index (χ2v) is 10.0. The van der Waals surface area contributed by atoms with Crippen molar-refractivity contribution >= 4 is 21.4 Å². The van der Waals surface area contributed by atoms with Gasteiger partial charge in [-0.25, -0.2) is 8.42 Å². The van der Waals surface area contributed by atoms with E-state index in [0.29, 0.717) is 0 Å². The number of carbonyl (C=O) groups excluding carboxylic acids is 1. The minimum absolute atomic E-state index is 0.0248. The van der Waals surface area contributed by atoms with E-state index in [1.807, 2.05) is 0 Å². The van der Waals surface area contributed by atoms with Gasteiger partial charge in [0.15, 0.2) is 9.84 Å². The number of allylic oxidation sites excluding steroid dienone is 1. The van der Waals surface area contributed by atoms with Crippen LogP contribution < -0.4 is 15.8 Å². The molecule has 1 aliphatic heterocycles. The summed E-state index contributed by atoms with van der Waals surface area (Å²) < 4.78 is 29.9. The van der Waals surface area contributed by atoms with Crippen molar-refractivity contribution in [3.05, 3.63) is 29.3 Å². The maximum absolute atomic E-state index is 12.9. The number of hydrogen-bond acceptors (Lipinski definition) is 6. The normalized spacial score (nSPS) is 20.3. The number of carbonyl (C=O) groups is 1. The predicted octanol–water partition coefficient (Wildman–Crippen LogP) is 2.38. The second-order valence-electron chi connectivity index (χ2n) is 7.80. The summed E-state index contributed by atoms with van der Waals surface area (Å²) in [5, 5.41) is 3.04. The molecule has 0 spiro atoms. The molecule has 2 aliphatic rings. The van der Waals surface area contributed by atoms with Crippen LogP contribution in [0.3, 0.4) is 0 Å². The van der Waals surface area contributed by atoms with Gasteiger partial charge in [0.1, 0.15) is 5.75 Å². The van der Waals surface area contributed by atoms with E-state index >= 15 is 0 Å². The first-order chi connectivity index (χ1) is 13.8. The Labute approximate surface area is 173 Å². The molecule has 7 nitrogen and oxygen atoms in total. The molecular formula is C21H31N3O4S. The molecule has 29 heavy (non-hydrogen) atoms. The number of benzene rings is 1. The van der Waals surface area contributed by atoms with Crippen molar-refractivity contribution in [3.63, 3.8) is 0 Å². The SMILES string of the molecule is CCS(=O)(=O)c1cc(C(=O)NC2CCN(CC3=CCCCC3)C2)c(OC)cc1N. The van der Waals surface area contributed by atoms with Crippen LogP contribution in [-0.2, 0) is 9.84 Å². The monoisotopic (exact) mass is 421 g/mol. The van der Waals surface area contributed by atoms with E-state index in [9.17, 15) is 13.2 Å². The van der Waals surface area contributed by atoms with Crippen LogP contribution in [0.25, 0.3) is 0 Å². The number of amides is 1. The number of hydrogen-bond donors (Lipinski definition) is 2. The number of methoxy groups -OCH3 is 1. The quantitative estimate of drug-likeness (QED) is 0.518. The Morgan fingerprint density at radius 3 is 2.79 bits per heavy atom. The first-order valence-electron chi connectivity index (χ1n) is 10.3. The lowest BCUT2D eigenvalue weighted by Gasteiger charge is -2.21. The Morgan fingerprint density at radius 2 is 2.14 bits per heavy atom. The summed E-state index contributed by atoms with van der Waals surface area (Å²) >= 11 is 0. The minimum atomic E-state index is -3.54. The van der Waals surface area contributed by atoms with Gasteiger partial charge in [-0.1, -0.05) is 18.6 Å². The average molecular weight is 422 g/mol. The maximum atomic E-state index is 12.9. The van der Waals surface area contributed by atoms with Gasteiger partial charge in [-0.15, -0.1) is 0 Å². The molecule has 1 aliphatic carbocycles. The highest BCUT2D eigenvalue weighted by atomic mass is 32.2. The number of rotatable bonds is 7. The third-order valence-electron chi connectivity index (χ3n) is 5.71. The number of nitrogen functional groups attached to an aromatic ring is 1. The Kier molecular flexibility index (Phi) is 6.85. The van der Waals surface area contributed by atoms with Crippen LogP contribution in [0, 0.1) is 0 Å². The Hall–Kier alpha value is -2.06. The number of nitrogens with zero attached hydrogens (tertiary/aromatic N) is 1. The van der Waals surface area contributed by atoms with Crippen LogP contribution in [0.1, 0.15) is 49.4 Å². The molecule has 1 heterocycles. The van der Waals surface area contributed by atoms with Crippen molar-refractivity contribution in [1.82, 2.24) is 10.2 Å². The zero-order chi connectivity index (χ0) is 21.0. The fourth-order valence-corrected chi connectivity index (χ4v) is 5.07. The summed E-state index contributed by atoms with van der Waals surface area (Å²) in [6.45, 7) is 4.25. The number of anilines is 1. The van der Waals surface area contributed by atoms with Gasteiger partial charge in [-0.3, -0.25) is 9.69 Å². The lowest BCUT2D eigenvalue weighted by atomic mass is 9.99. The zero-order valence-electron chi connectivity index (χ0n) is 17.2. The molecule has 1 fully saturated rings. The van der Waals surface area contributed by atoms with Gasteiger partial charge < -0.3 is 15.8 Å². The maximum Gasteiger partial charge on any atom is 0.255 e. The van der Waals surface area contributed by atoms with Gasteiger partial charge in [0, 0.05) is 31.7 Å². The first-order valence-corrected chi connectivity index (χ1v) is 11.9. The fourth-order valence-electron chi connectivity index (χ4n) is 4.04. The standard InChI is InChI=1S/C21H31N3O4S/c1-3-29(26,27)20-11-17(19(28-2)12-18(20)22)21(25)23-16-9-10-24(14-16)13-15-7-5-4-6-8-15/h7,11-12,16H,3-6,8-10,13-14,22H2,1-2H3,(H,23,25). The zero-order valence-corrected chi connectivity index (χ0v) is 18.1. The molecule has 0 radical (unpaired) electrons. The van der Waals surface area contributed by atoms with E-state index in [2.05, 4.69) is 16.3 Å². The molecule has 1 aromatic carbocycles. The highest BCUT2D eigenvalue weighted by Crippen LogP contribution is 2.29. The summed E-state index contributed by atoms with van der Waals surface area (Å²) in [6, 6.07) is 2.77. The van der Waals surface area contributed by atoms with Gasteiger partial charge in [0.2, 0.25) is 0 Å². The van der Waals surface area contributed by atoms with E-state index in [0.717, 1.165) is 26.1 Å². The second kappa shape index (κ2) is 9.17. The van der Waals surface area contributed by atoms with Gasteiger partial charge in [-0.2, -0.15) is 0 Å². The average Bonchev–Trinajstić information content (AvgIpc) is 3.14. The molecule has 0 saturated carbocycles. The molecule has 3 N–H and O–H groups in total. The van der Waals surface area contributed by atoms with Crippen molar-refractivity contribution < 1.29 is 17.9 Å². The van der Waals surface area contributed by atoms with E-state index in [-0.39, 0.29) is 39.6 Å². The summed E-state index contributed by atoms with van der Waals surface area (Å²) in [7, 11) is -2.10. The molecular weight excluding hydrogens is 390 g/mol. The molecule has 1 amide bonds. The summed E-state index contributed by atoms with van der Waals surface area (Å²) in [4.78, 5) is 15.2.